The van der Waals surface area contributed by atoms with E-state index >= 15 is 0 Å². The zero-order valence-corrected chi connectivity index (χ0v) is 16.8. The fourth-order valence-corrected chi connectivity index (χ4v) is 4.18. The van der Waals surface area contributed by atoms with E-state index in [0.29, 0.717) is 66.8 Å². The molecule has 0 N–H and O–H groups in total. The normalized spacial score (nSPS) is 24.9. The van der Waals surface area contributed by atoms with Crippen molar-refractivity contribution in [3.05, 3.63) is 47.4 Å². The number of benzene rings is 1. The van der Waals surface area contributed by atoms with E-state index in [1.165, 1.54) is 17.4 Å². The molecule has 2 aromatic rings. The summed E-state index contributed by atoms with van der Waals surface area (Å²) in [5.74, 6) is 1.62. The maximum Gasteiger partial charge on any atom is 0.268 e. The van der Waals surface area contributed by atoms with Gasteiger partial charge < -0.3 is 14.4 Å². The summed E-state index contributed by atoms with van der Waals surface area (Å²) in [4.78, 5) is 30.6. The van der Waals surface area contributed by atoms with Gasteiger partial charge in [-0.2, -0.15) is 0 Å². The van der Waals surface area contributed by atoms with Gasteiger partial charge in [0.2, 0.25) is 5.88 Å². The molecule has 156 valence electrons. The highest BCUT2D eigenvalue weighted by Crippen LogP contribution is 2.38. The van der Waals surface area contributed by atoms with Crippen LogP contribution >= 0.6 is 0 Å². The molecule has 2 aliphatic carbocycles. The number of ketones is 1. The third-order valence-electron chi connectivity index (χ3n) is 6.26. The largest absolute Gasteiger partial charge is 0.479 e. The van der Waals surface area contributed by atoms with Crippen LogP contribution in [0.1, 0.15) is 42.1 Å². The van der Waals surface area contributed by atoms with E-state index < -0.39 is 11.9 Å². The molecule has 6 nitrogen and oxygen atoms in total. The predicted octanol–water partition coefficient (Wildman–Crippen LogP) is 3.57. The summed E-state index contributed by atoms with van der Waals surface area (Å²) in [6.45, 7) is 3.28. The number of carbonyl (C=O) groups is 2. The predicted molar refractivity (Wildman–Crippen MR) is 107 cm³/mol. The molecule has 3 atom stereocenters. The van der Waals surface area contributed by atoms with Crippen LogP contribution in [0.2, 0.25) is 0 Å². The first-order chi connectivity index (χ1) is 14.5. The second kappa shape index (κ2) is 7.38. The van der Waals surface area contributed by atoms with E-state index in [-0.39, 0.29) is 11.7 Å². The molecule has 1 amide bonds. The van der Waals surface area contributed by atoms with Gasteiger partial charge in [0, 0.05) is 36.7 Å². The zero-order valence-electron chi connectivity index (χ0n) is 16.8. The van der Waals surface area contributed by atoms with Crippen LogP contribution in [0.3, 0.4) is 0 Å². The molecule has 30 heavy (non-hydrogen) atoms. The lowest BCUT2D eigenvalue weighted by Gasteiger charge is -2.18. The van der Waals surface area contributed by atoms with Gasteiger partial charge in [-0.1, -0.05) is 6.92 Å². The fraction of sp³-hybridized carbons (Fsp3) is 0.435. The minimum Gasteiger partial charge on any atom is -0.479 e. The van der Waals surface area contributed by atoms with Gasteiger partial charge in [-0.05, 0) is 48.4 Å². The van der Waals surface area contributed by atoms with E-state index in [1.54, 1.807) is 24.4 Å². The molecule has 2 fully saturated rings. The van der Waals surface area contributed by atoms with Gasteiger partial charge in [0.1, 0.15) is 11.6 Å². The minimum absolute atomic E-state index is 0.0743. The minimum atomic E-state index is -0.669. The Hall–Kier alpha value is -2.96. The Labute approximate surface area is 174 Å². The number of ether oxygens (including phenoxy) is 2. The molecule has 1 aromatic carbocycles. The lowest BCUT2D eigenvalue weighted by atomic mass is 10.1. The van der Waals surface area contributed by atoms with Crippen molar-refractivity contribution in [1.82, 2.24) is 4.98 Å². The number of Topliss-reactive ketones (excluding diaryl/α,β-unsaturated/α-hetero) is 1. The molecular weight excluding hydrogens is 387 g/mol. The highest BCUT2D eigenvalue weighted by molar-refractivity contribution is 6.04. The summed E-state index contributed by atoms with van der Waals surface area (Å²) in [6.07, 6.45) is 3.30. The van der Waals surface area contributed by atoms with Gasteiger partial charge in [-0.3, -0.25) is 9.59 Å². The summed E-state index contributed by atoms with van der Waals surface area (Å²) >= 11 is 0. The molecule has 2 heterocycles. The molecule has 3 aliphatic rings. The number of anilines is 1. The maximum absolute atomic E-state index is 14.4. The lowest BCUT2D eigenvalue weighted by Crippen LogP contribution is -2.32. The summed E-state index contributed by atoms with van der Waals surface area (Å²) < 4.78 is 25.9. The molecule has 1 aromatic heterocycles. The third kappa shape index (κ3) is 3.53. The highest BCUT2D eigenvalue weighted by Gasteiger charge is 2.36. The Bertz CT molecular complexity index is 1010. The van der Waals surface area contributed by atoms with Crippen molar-refractivity contribution in [2.75, 3.05) is 18.1 Å². The van der Waals surface area contributed by atoms with Crippen molar-refractivity contribution < 1.29 is 23.5 Å². The van der Waals surface area contributed by atoms with Gasteiger partial charge in [-0.15, -0.1) is 0 Å². The number of carbonyl (C=O) groups excluding carboxylic acids is 2. The number of aromatic nitrogens is 1. The second-order valence-corrected chi connectivity index (χ2v) is 8.38. The van der Waals surface area contributed by atoms with Crippen molar-refractivity contribution in [3.8, 4) is 11.6 Å². The molecule has 0 radical (unpaired) electrons. The summed E-state index contributed by atoms with van der Waals surface area (Å²) in [6, 6.07) is 6.44. The number of hydrogen-bond acceptors (Lipinski definition) is 5. The van der Waals surface area contributed by atoms with Gasteiger partial charge >= 0.3 is 0 Å². The molecule has 1 saturated carbocycles. The molecule has 7 heteroatoms. The Balaban J connectivity index is 1.24. The Morgan fingerprint density at radius 1 is 1.23 bits per heavy atom. The zero-order chi connectivity index (χ0) is 20.8. The number of halogens is 1. The molecule has 2 unspecified atom stereocenters. The molecular formula is C23H23FN2O4. The van der Waals surface area contributed by atoms with Crippen molar-refractivity contribution in [2.45, 2.75) is 38.7 Å². The number of nitrogens with zero attached hydrogens (tertiary/aromatic N) is 2. The van der Waals surface area contributed by atoms with Crippen LogP contribution in [0.25, 0.3) is 0 Å². The lowest BCUT2D eigenvalue weighted by molar-refractivity contribution is -0.122. The van der Waals surface area contributed by atoms with E-state index in [4.69, 9.17) is 9.47 Å². The number of hydrogen-bond donors (Lipinski definition) is 0. The third-order valence-corrected chi connectivity index (χ3v) is 6.26. The fourth-order valence-electron chi connectivity index (χ4n) is 4.18. The van der Waals surface area contributed by atoms with Crippen LogP contribution < -0.4 is 14.4 Å². The average Bonchev–Trinajstić information content (AvgIpc) is 3.13. The van der Waals surface area contributed by atoms with E-state index in [2.05, 4.69) is 11.9 Å². The molecule has 0 spiro atoms. The van der Waals surface area contributed by atoms with Gasteiger partial charge in [0.15, 0.2) is 11.9 Å². The standard InChI is InChI=1S/C23H23FN2O4/c1-13-8-14(13)12-29-22-5-2-16(11-25-22)30-21-6-7-26(23(21)28)15-9-18-17(19(24)10-15)3-4-20(18)27/h2,5,9-11,13-14,21H,3-4,6-8,12H2,1H3/t13?,14?,21-/m1/s1. The van der Waals surface area contributed by atoms with Crippen molar-refractivity contribution in [2.24, 2.45) is 11.8 Å². The maximum atomic E-state index is 14.4. The van der Waals surface area contributed by atoms with E-state index in [1.807, 2.05) is 0 Å². The first kappa shape index (κ1) is 19.0. The van der Waals surface area contributed by atoms with Crippen LogP contribution in [-0.2, 0) is 11.2 Å². The number of amides is 1. The van der Waals surface area contributed by atoms with Crippen molar-refractivity contribution in [1.29, 1.82) is 0 Å². The first-order valence-electron chi connectivity index (χ1n) is 10.4. The molecule has 1 saturated heterocycles. The second-order valence-electron chi connectivity index (χ2n) is 8.38. The molecule has 1 aliphatic heterocycles. The Morgan fingerprint density at radius 3 is 2.80 bits per heavy atom. The topological polar surface area (TPSA) is 68.7 Å². The molecule has 5 rings (SSSR count). The van der Waals surface area contributed by atoms with Gasteiger partial charge in [0.05, 0.1) is 12.8 Å². The van der Waals surface area contributed by atoms with Crippen molar-refractivity contribution in [3.63, 3.8) is 0 Å². The Morgan fingerprint density at radius 2 is 2.07 bits per heavy atom. The van der Waals surface area contributed by atoms with Crippen LogP contribution in [0.15, 0.2) is 30.5 Å². The summed E-state index contributed by atoms with van der Waals surface area (Å²) in [5, 5.41) is 0. The Kier molecular flexibility index (Phi) is 4.68. The SMILES string of the molecule is CC1CC1COc1ccc(O[C@@H]2CCN(c3cc(F)c4c(c3)C(=O)CC4)C2=O)cn1. The van der Waals surface area contributed by atoms with Crippen LogP contribution in [0.5, 0.6) is 11.6 Å². The van der Waals surface area contributed by atoms with Crippen molar-refractivity contribution >= 4 is 17.4 Å². The first-order valence-corrected chi connectivity index (χ1v) is 10.4. The summed E-state index contributed by atoms with van der Waals surface area (Å²) in [5.41, 5.74) is 1.25. The van der Waals surface area contributed by atoms with Gasteiger partial charge in [0.25, 0.3) is 5.91 Å². The van der Waals surface area contributed by atoms with Crippen LogP contribution in [0.4, 0.5) is 10.1 Å². The highest BCUT2D eigenvalue weighted by atomic mass is 19.1. The van der Waals surface area contributed by atoms with Crippen LogP contribution in [0, 0.1) is 17.7 Å². The van der Waals surface area contributed by atoms with E-state index in [9.17, 15) is 14.0 Å². The summed E-state index contributed by atoms with van der Waals surface area (Å²) in [7, 11) is 0. The number of fused-ring (bicyclic) bond motifs is 1. The number of rotatable bonds is 6. The monoisotopic (exact) mass is 410 g/mol. The number of pyridine rings is 1. The van der Waals surface area contributed by atoms with E-state index in [0.717, 1.165) is 5.92 Å². The quantitative estimate of drug-likeness (QED) is 0.728. The van der Waals surface area contributed by atoms with Crippen LogP contribution in [-0.4, -0.2) is 35.9 Å². The smallest absolute Gasteiger partial charge is 0.268 e. The molecule has 0 bridgehead atoms. The van der Waals surface area contributed by atoms with Gasteiger partial charge in [-0.25, -0.2) is 9.37 Å². The average molecular weight is 410 g/mol.